The quantitative estimate of drug-likeness (QED) is 0.803. The maximum Gasteiger partial charge on any atom is 0.0480 e. The van der Waals surface area contributed by atoms with Crippen LogP contribution in [0.15, 0.2) is 0 Å². The summed E-state index contributed by atoms with van der Waals surface area (Å²) in [6.07, 6.45) is 2.35. The zero-order chi connectivity index (χ0) is 13.0. The molecular weight excluding hydrogens is 226 g/mol. The van der Waals surface area contributed by atoms with Gasteiger partial charge < -0.3 is 10.1 Å². The minimum atomic E-state index is 0.678. The molecule has 2 saturated heterocycles. The summed E-state index contributed by atoms with van der Waals surface area (Å²) in [6.45, 7) is 11.2. The zero-order valence-corrected chi connectivity index (χ0v) is 12.2. The zero-order valence-electron chi connectivity index (χ0n) is 12.2. The lowest BCUT2D eigenvalue weighted by Gasteiger charge is -2.42. The predicted octanol–water partition coefficient (Wildman–Crippen LogP) is 0.779. The maximum atomic E-state index is 5.38. The highest BCUT2D eigenvalue weighted by Crippen LogP contribution is 2.12. The van der Waals surface area contributed by atoms with Crippen molar-refractivity contribution < 1.29 is 4.74 Å². The number of ether oxygens (including phenoxy) is 1. The van der Waals surface area contributed by atoms with Gasteiger partial charge in [-0.25, -0.2) is 0 Å². The van der Waals surface area contributed by atoms with E-state index in [2.05, 4.69) is 36.0 Å². The Morgan fingerprint density at radius 2 is 1.72 bits per heavy atom. The molecule has 2 atom stereocenters. The van der Waals surface area contributed by atoms with Crippen molar-refractivity contribution in [3.63, 3.8) is 0 Å². The summed E-state index contributed by atoms with van der Waals surface area (Å²) in [4.78, 5) is 5.09. The lowest BCUT2D eigenvalue weighted by molar-refractivity contribution is 0.0561. The summed E-state index contributed by atoms with van der Waals surface area (Å²) in [7, 11) is 2.24. The van der Waals surface area contributed by atoms with Gasteiger partial charge in [0.1, 0.15) is 0 Å². The van der Waals surface area contributed by atoms with E-state index >= 15 is 0 Å². The van der Waals surface area contributed by atoms with E-state index in [-0.39, 0.29) is 0 Å². The van der Waals surface area contributed by atoms with E-state index < -0.39 is 0 Å². The first kappa shape index (κ1) is 14.3. The van der Waals surface area contributed by atoms with Gasteiger partial charge in [0.05, 0.1) is 0 Å². The molecule has 2 aliphatic heterocycles. The smallest absolute Gasteiger partial charge is 0.0480 e. The first-order valence-corrected chi connectivity index (χ1v) is 7.42. The van der Waals surface area contributed by atoms with Gasteiger partial charge in [-0.2, -0.15) is 0 Å². The molecule has 4 nitrogen and oxygen atoms in total. The lowest BCUT2D eigenvalue weighted by atomic mass is 10.1. The van der Waals surface area contributed by atoms with Crippen molar-refractivity contribution in [2.24, 2.45) is 0 Å². The minimum Gasteiger partial charge on any atom is -0.381 e. The van der Waals surface area contributed by atoms with Gasteiger partial charge in [0.15, 0.2) is 0 Å². The first-order chi connectivity index (χ1) is 8.66. The predicted molar refractivity (Wildman–Crippen MR) is 75.0 cm³/mol. The third kappa shape index (κ3) is 3.92. The minimum absolute atomic E-state index is 0.678. The molecule has 0 amide bonds. The molecule has 2 aliphatic rings. The third-order valence-electron chi connectivity index (χ3n) is 4.52. The van der Waals surface area contributed by atoms with Crippen LogP contribution in [-0.2, 0) is 4.74 Å². The third-order valence-corrected chi connectivity index (χ3v) is 4.52. The molecule has 0 aromatic carbocycles. The molecule has 2 heterocycles. The second-order valence-electron chi connectivity index (χ2n) is 5.96. The van der Waals surface area contributed by atoms with Crippen LogP contribution >= 0.6 is 0 Å². The van der Waals surface area contributed by atoms with Crippen molar-refractivity contribution in [2.45, 2.75) is 44.8 Å². The topological polar surface area (TPSA) is 27.7 Å². The Morgan fingerprint density at radius 1 is 1.11 bits per heavy atom. The fourth-order valence-electron chi connectivity index (χ4n) is 3.02. The van der Waals surface area contributed by atoms with Crippen LogP contribution in [0.25, 0.3) is 0 Å². The normalized spacial score (nSPS) is 32.8. The van der Waals surface area contributed by atoms with Crippen LogP contribution in [0, 0.1) is 0 Å². The molecule has 106 valence electrons. The van der Waals surface area contributed by atoms with Crippen LogP contribution in [0.3, 0.4) is 0 Å². The second-order valence-corrected chi connectivity index (χ2v) is 5.96. The first-order valence-electron chi connectivity index (χ1n) is 7.42. The Bertz CT molecular complexity index is 231. The van der Waals surface area contributed by atoms with Crippen LogP contribution in [0.5, 0.6) is 0 Å². The molecule has 0 aliphatic carbocycles. The average molecular weight is 255 g/mol. The maximum absolute atomic E-state index is 5.38. The highest BCUT2D eigenvalue weighted by molar-refractivity contribution is 4.83. The molecule has 4 heteroatoms. The van der Waals surface area contributed by atoms with Gasteiger partial charge >= 0.3 is 0 Å². The summed E-state index contributed by atoms with van der Waals surface area (Å²) in [5.41, 5.74) is 0. The van der Waals surface area contributed by atoms with E-state index in [4.69, 9.17) is 4.74 Å². The van der Waals surface area contributed by atoms with Crippen LogP contribution in [0.4, 0.5) is 0 Å². The number of hydrogen-bond acceptors (Lipinski definition) is 4. The SMILES string of the molecule is CC1CN(CCNC2CCOCC2)CC(C)N1C. The van der Waals surface area contributed by atoms with Crippen molar-refractivity contribution in [2.75, 3.05) is 46.4 Å². The monoisotopic (exact) mass is 255 g/mol. The number of rotatable bonds is 4. The standard InChI is InChI=1S/C14H29N3O/c1-12-10-17(11-13(2)16(12)3)7-6-15-14-4-8-18-9-5-14/h12-15H,4-11H2,1-3H3. The fraction of sp³-hybridized carbons (Fsp3) is 1.00. The molecule has 2 fully saturated rings. The molecule has 0 aromatic heterocycles. The summed E-state index contributed by atoms with van der Waals surface area (Å²) in [6, 6.07) is 2.04. The fourth-order valence-corrected chi connectivity index (χ4v) is 3.02. The van der Waals surface area contributed by atoms with Gasteiger partial charge in [-0.15, -0.1) is 0 Å². The molecule has 0 aromatic rings. The van der Waals surface area contributed by atoms with Gasteiger partial charge in [0.25, 0.3) is 0 Å². The molecule has 1 N–H and O–H groups in total. The summed E-state index contributed by atoms with van der Waals surface area (Å²) < 4.78 is 5.38. The number of likely N-dealkylation sites (N-methyl/N-ethyl adjacent to an activating group) is 1. The Balaban J connectivity index is 1.64. The van der Waals surface area contributed by atoms with Crippen molar-refractivity contribution in [3.05, 3.63) is 0 Å². The number of piperazine rings is 1. The number of nitrogens with zero attached hydrogens (tertiary/aromatic N) is 2. The van der Waals surface area contributed by atoms with Crippen molar-refractivity contribution >= 4 is 0 Å². The van der Waals surface area contributed by atoms with Gasteiger partial charge in [-0.1, -0.05) is 0 Å². The van der Waals surface area contributed by atoms with Crippen LogP contribution in [-0.4, -0.2) is 74.4 Å². The van der Waals surface area contributed by atoms with Crippen molar-refractivity contribution in [1.82, 2.24) is 15.1 Å². The molecular formula is C14H29N3O. The summed E-state index contributed by atoms with van der Waals surface area (Å²) >= 11 is 0. The van der Waals surface area contributed by atoms with Crippen molar-refractivity contribution in [1.29, 1.82) is 0 Å². The Hall–Kier alpha value is -0.160. The summed E-state index contributed by atoms with van der Waals surface area (Å²) in [5, 5.41) is 3.67. The van der Waals surface area contributed by atoms with Gasteiger partial charge in [0.2, 0.25) is 0 Å². The number of hydrogen-bond donors (Lipinski definition) is 1. The van der Waals surface area contributed by atoms with Crippen LogP contribution in [0.2, 0.25) is 0 Å². The Kier molecular flexibility index (Phi) is 5.42. The van der Waals surface area contributed by atoms with Gasteiger partial charge in [-0.3, -0.25) is 9.80 Å². The van der Waals surface area contributed by atoms with E-state index in [1.54, 1.807) is 0 Å². The Morgan fingerprint density at radius 3 is 2.33 bits per heavy atom. The molecule has 0 radical (unpaired) electrons. The van der Waals surface area contributed by atoms with E-state index in [0.717, 1.165) is 19.8 Å². The average Bonchev–Trinajstić information content (AvgIpc) is 2.37. The lowest BCUT2D eigenvalue weighted by Crippen LogP contribution is -2.56. The molecule has 0 saturated carbocycles. The molecule has 18 heavy (non-hydrogen) atoms. The van der Waals surface area contributed by atoms with Gasteiger partial charge in [0, 0.05) is 57.5 Å². The van der Waals surface area contributed by atoms with E-state index in [1.165, 1.54) is 32.5 Å². The van der Waals surface area contributed by atoms with Gasteiger partial charge in [-0.05, 0) is 33.7 Å². The molecule has 0 spiro atoms. The largest absolute Gasteiger partial charge is 0.381 e. The van der Waals surface area contributed by atoms with Crippen LogP contribution < -0.4 is 5.32 Å². The highest BCUT2D eigenvalue weighted by atomic mass is 16.5. The van der Waals surface area contributed by atoms with Crippen LogP contribution in [0.1, 0.15) is 26.7 Å². The molecule has 2 unspecified atom stereocenters. The van der Waals surface area contributed by atoms with E-state index in [1.807, 2.05) is 0 Å². The van der Waals surface area contributed by atoms with E-state index in [0.29, 0.717) is 18.1 Å². The highest BCUT2D eigenvalue weighted by Gasteiger charge is 2.26. The second kappa shape index (κ2) is 6.85. The van der Waals surface area contributed by atoms with E-state index in [9.17, 15) is 0 Å². The summed E-state index contributed by atoms with van der Waals surface area (Å²) in [5.74, 6) is 0. The van der Waals surface area contributed by atoms with Crippen molar-refractivity contribution in [3.8, 4) is 0 Å². The molecule has 0 bridgehead atoms. The molecule has 2 rings (SSSR count). The Labute approximate surface area is 112 Å². The number of nitrogens with one attached hydrogen (secondary N) is 1.